The van der Waals surface area contributed by atoms with Crippen molar-refractivity contribution in [3.63, 3.8) is 0 Å². The second kappa shape index (κ2) is 4.58. The Morgan fingerprint density at radius 3 is 2.12 bits per heavy atom. The van der Waals surface area contributed by atoms with Crippen LogP contribution in [0.1, 0.15) is 57.4 Å². The maximum absolute atomic E-state index is 10.2. The summed E-state index contributed by atoms with van der Waals surface area (Å²) in [7, 11) is 0. The lowest BCUT2D eigenvalue weighted by molar-refractivity contribution is 0.126. The van der Waals surface area contributed by atoms with Crippen molar-refractivity contribution < 1.29 is 5.11 Å². The van der Waals surface area contributed by atoms with Crippen LogP contribution < -0.4 is 0 Å². The first kappa shape index (κ1) is 13.2. The Labute approximate surface area is 99.5 Å². The number of benzene rings is 1. The van der Waals surface area contributed by atoms with E-state index in [0.29, 0.717) is 0 Å². The summed E-state index contributed by atoms with van der Waals surface area (Å²) in [5.41, 5.74) is 3.67. The number of aliphatic hydroxyl groups excluding tert-OH is 1. The molecule has 0 aliphatic carbocycles. The van der Waals surface area contributed by atoms with Crippen LogP contribution >= 0.6 is 0 Å². The van der Waals surface area contributed by atoms with Crippen LogP contribution in [0.15, 0.2) is 18.2 Å². The molecular weight excluding hydrogens is 196 g/mol. The minimum Gasteiger partial charge on any atom is -0.388 e. The normalized spacial score (nSPS) is 14.2. The molecule has 0 saturated carbocycles. The van der Waals surface area contributed by atoms with E-state index in [1.807, 2.05) is 13.8 Å². The van der Waals surface area contributed by atoms with Gasteiger partial charge in [-0.3, -0.25) is 0 Å². The first-order chi connectivity index (χ1) is 7.23. The van der Waals surface area contributed by atoms with E-state index in [1.54, 1.807) is 0 Å². The van der Waals surface area contributed by atoms with Gasteiger partial charge in [-0.2, -0.15) is 0 Å². The van der Waals surface area contributed by atoms with Crippen LogP contribution in [-0.4, -0.2) is 5.11 Å². The summed E-state index contributed by atoms with van der Waals surface area (Å²) in [5, 5.41) is 10.2. The van der Waals surface area contributed by atoms with Crippen molar-refractivity contribution in [2.45, 2.75) is 53.1 Å². The van der Waals surface area contributed by atoms with Crippen LogP contribution in [0.3, 0.4) is 0 Å². The average Bonchev–Trinajstić information content (AvgIpc) is 2.15. The van der Waals surface area contributed by atoms with E-state index < -0.39 is 0 Å². The number of aliphatic hydroxyl groups is 1. The molecule has 0 aliphatic rings. The van der Waals surface area contributed by atoms with Crippen molar-refractivity contribution in [3.8, 4) is 0 Å². The number of hydrogen-bond acceptors (Lipinski definition) is 1. The quantitative estimate of drug-likeness (QED) is 0.799. The summed E-state index contributed by atoms with van der Waals surface area (Å²) in [6.45, 7) is 12.8. The maximum atomic E-state index is 10.2. The van der Waals surface area contributed by atoms with Gasteiger partial charge in [0.25, 0.3) is 0 Å². The van der Waals surface area contributed by atoms with Crippen LogP contribution in [0.2, 0.25) is 0 Å². The van der Waals surface area contributed by atoms with Gasteiger partial charge in [0.1, 0.15) is 0 Å². The average molecular weight is 220 g/mol. The van der Waals surface area contributed by atoms with Crippen LogP contribution in [0.25, 0.3) is 0 Å². The van der Waals surface area contributed by atoms with Crippen molar-refractivity contribution >= 4 is 0 Å². The Morgan fingerprint density at radius 1 is 1.12 bits per heavy atom. The summed E-state index contributed by atoms with van der Waals surface area (Å²) in [4.78, 5) is 0. The minimum absolute atomic E-state index is 0.138. The summed E-state index contributed by atoms with van der Waals surface area (Å²) < 4.78 is 0. The monoisotopic (exact) mass is 220 g/mol. The molecule has 1 aromatic rings. The fourth-order valence-corrected chi connectivity index (χ4v) is 1.78. The molecule has 0 aliphatic heterocycles. The molecule has 1 nitrogen and oxygen atoms in total. The first-order valence-electron chi connectivity index (χ1n) is 6.02. The molecule has 0 fully saturated rings. The first-order valence-corrected chi connectivity index (χ1v) is 6.02. The SMILES string of the molecule is Cc1ccc(C(C)(C)C)cc1C(O)C(C)C. The topological polar surface area (TPSA) is 20.2 Å². The Bertz CT molecular complexity index is 358. The molecular formula is C15H24O. The standard InChI is InChI=1S/C15H24O/c1-10(2)14(16)13-9-12(15(4,5)6)8-7-11(13)3/h7-10,14,16H,1-6H3. The molecule has 0 heterocycles. The third-order valence-corrected chi connectivity index (χ3v) is 3.10. The molecule has 1 unspecified atom stereocenters. The zero-order chi connectivity index (χ0) is 12.5. The van der Waals surface area contributed by atoms with Gasteiger partial charge in [0, 0.05) is 0 Å². The van der Waals surface area contributed by atoms with Crippen molar-refractivity contribution in [2.75, 3.05) is 0 Å². The molecule has 0 amide bonds. The zero-order valence-corrected chi connectivity index (χ0v) is 11.3. The highest BCUT2D eigenvalue weighted by Gasteiger charge is 2.19. The lowest BCUT2D eigenvalue weighted by Crippen LogP contribution is -2.14. The molecule has 0 radical (unpaired) electrons. The summed E-state index contributed by atoms with van der Waals surface area (Å²) >= 11 is 0. The molecule has 90 valence electrons. The van der Waals surface area contributed by atoms with Gasteiger partial charge in [-0.25, -0.2) is 0 Å². The van der Waals surface area contributed by atoms with Crippen LogP contribution in [0.4, 0.5) is 0 Å². The Kier molecular flexibility index (Phi) is 3.80. The highest BCUT2D eigenvalue weighted by atomic mass is 16.3. The Morgan fingerprint density at radius 2 is 1.69 bits per heavy atom. The van der Waals surface area contributed by atoms with Gasteiger partial charge >= 0.3 is 0 Å². The summed E-state index contributed by atoms with van der Waals surface area (Å²) in [6, 6.07) is 6.42. The third-order valence-electron chi connectivity index (χ3n) is 3.10. The molecule has 1 aromatic carbocycles. The van der Waals surface area contributed by atoms with Crippen LogP contribution in [0, 0.1) is 12.8 Å². The van der Waals surface area contributed by atoms with E-state index in [0.717, 1.165) is 5.56 Å². The summed E-state index contributed by atoms with van der Waals surface area (Å²) in [5.74, 6) is 0.258. The zero-order valence-electron chi connectivity index (χ0n) is 11.3. The highest BCUT2D eigenvalue weighted by molar-refractivity contribution is 5.36. The molecule has 1 rings (SSSR count). The van der Waals surface area contributed by atoms with Gasteiger partial charge in [0.15, 0.2) is 0 Å². The fraction of sp³-hybridized carbons (Fsp3) is 0.600. The molecule has 16 heavy (non-hydrogen) atoms. The molecule has 1 heteroatoms. The van der Waals surface area contributed by atoms with E-state index in [2.05, 4.69) is 45.9 Å². The smallest absolute Gasteiger partial charge is 0.0815 e. The van der Waals surface area contributed by atoms with Crippen molar-refractivity contribution in [1.82, 2.24) is 0 Å². The predicted molar refractivity (Wildman–Crippen MR) is 69.7 cm³/mol. The number of hydrogen-bond donors (Lipinski definition) is 1. The number of rotatable bonds is 2. The molecule has 0 saturated heterocycles. The van der Waals surface area contributed by atoms with E-state index in [9.17, 15) is 5.11 Å². The second-order valence-corrected chi connectivity index (χ2v) is 6.01. The lowest BCUT2D eigenvalue weighted by Gasteiger charge is -2.23. The predicted octanol–water partition coefficient (Wildman–Crippen LogP) is 3.98. The van der Waals surface area contributed by atoms with Crippen molar-refractivity contribution in [1.29, 1.82) is 0 Å². The Balaban J connectivity index is 3.19. The molecule has 0 bridgehead atoms. The highest BCUT2D eigenvalue weighted by Crippen LogP contribution is 2.30. The molecule has 1 N–H and O–H groups in total. The largest absolute Gasteiger partial charge is 0.388 e. The van der Waals surface area contributed by atoms with Crippen molar-refractivity contribution in [2.24, 2.45) is 5.92 Å². The van der Waals surface area contributed by atoms with Crippen molar-refractivity contribution in [3.05, 3.63) is 34.9 Å². The van der Waals surface area contributed by atoms with Gasteiger partial charge in [0.05, 0.1) is 6.10 Å². The van der Waals surface area contributed by atoms with Gasteiger partial charge in [-0.15, -0.1) is 0 Å². The lowest BCUT2D eigenvalue weighted by atomic mass is 9.83. The summed E-state index contributed by atoms with van der Waals surface area (Å²) in [6.07, 6.45) is -0.359. The van der Waals surface area contributed by atoms with Crippen LogP contribution in [-0.2, 0) is 5.41 Å². The van der Waals surface area contributed by atoms with Gasteiger partial charge in [0.2, 0.25) is 0 Å². The third kappa shape index (κ3) is 2.85. The van der Waals surface area contributed by atoms with Gasteiger partial charge < -0.3 is 5.11 Å². The van der Waals surface area contributed by atoms with E-state index in [1.165, 1.54) is 11.1 Å². The van der Waals surface area contributed by atoms with Crippen LogP contribution in [0.5, 0.6) is 0 Å². The fourth-order valence-electron chi connectivity index (χ4n) is 1.78. The van der Waals surface area contributed by atoms with E-state index >= 15 is 0 Å². The second-order valence-electron chi connectivity index (χ2n) is 6.01. The van der Waals surface area contributed by atoms with Gasteiger partial charge in [-0.1, -0.05) is 52.8 Å². The molecule has 0 spiro atoms. The Hall–Kier alpha value is -0.820. The van der Waals surface area contributed by atoms with E-state index in [4.69, 9.17) is 0 Å². The maximum Gasteiger partial charge on any atom is 0.0815 e. The molecule has 1 atom stereocenters. The minimum atomic E-state index is -0.359. The molecule has 0 aromatic heterocycles. The number of aryl methyl sites for hydroxylation is 1. The van der Waals surface area contributed by atoms with E-state index in [-0.39, 0.29) is 17.4 Å². The van der Waals surface area contributed by atoms with Gasteiger partial charge in [-0.05, 0) is 34.9 Å².